The number of anilines is 1. The van der Waals surface area contributed by atoms with E-state index in [2.05, 4.69) is 19.9 Å². The number of nitrogens with zero attached hydrogens (tertiary/aromatic N) is 3. The lowest BCUT2D eigenvalue weighted by Crippen LogP contribution is -2.14. The van der Waals surface area contributed by atoms with Crippen LogP contribution in [0.5, 0.6) is 11.6 Å². The smallest absolute Gasteiger partial charge is 0.263 e. The predicted octanol–water partition coefficient (Wildman–Crippen LogP) is 2.74. The largest absolute Gasteiger partial charge is 0.507 e. The number of rotatable bonds is 6. The molecule has 2 aromatic carbocycles. The quantitative estimate of drug-likeness (QED) is 0.632. The normalized spacial score (nSPS) is 11.4. The van der Waals surface area contributed by atoms with Crippen molar-refractivity contribution in [3.63, 3.8) is 0 Å². The summed E-state index contributed by atoms with van der Waals surface area (Å²) < 4.78 is 32.0. The van der Waals surface area contributed by atoms with Crippen LogP contribution < -0.4 is 9.46 Å². The Kier molecular flexibility index (Phi) is 5.32. The molecule has 0 bridgehead atoms. The molecular formula is C18H16N4O4S. The lowest BCUT2D eigenvalue weighted by molar-refractivity contribution is 0.392. The number of para-hydroxylation sites is 1. The first-order valence-electron chi connectivity index (χ1n) is 7.80. The average Bonchev–Trinajstić information content (AvgIpc) is 2.68. The molecule has 0 aliphatic carbocycles. The van der Waals surface area contributed by atoms with E-state index in [0.29, 0.717) is 11.3 Å². The molecule has 8 nitrogen and oxygen atoms in total. The monoisotopic (exact) mass is 384 g/mol. The number of sulfonamides is 1. The Bertz CT molecular complexity index is 1050. The Morgan fingerprint density at radius 2 is 1.78 bits per heavy atom. The summed E-state index contributed by atoms with van der Waals surface area (Å²) in [6, 6.07) is 15.7. The van der Waals surface area contributed by atoms with Crippen molar-refractivity contribution >= 4 is 27.7 Å². The van der Waals surface area contributed by atoms with Crippen LogP contribution in [0.2, 0.25) is 0 Å². The number of phenolic OH excluding ortho intramolecular Hbond substituents is 1. The summed E-state index contributed by atoms with van der Waals surface area (Å²) in [6.07, 6.45) is 1.50. The number of hydrogen-bond acceptors (Lipinski definition) is 7. The minimum atomic E-state index is -3.81. The highest BCUT2D eigenvalue weighted by molar-refractivity contribution is 7.92. The van der Waals surface area contributed by atoms with Crippen LogP contribution in [0, 0.1) is 0 Å². The van der Waals surface area contributed by atoms with Crippen LogP contribution in [0.4, 0.5) is 11.5 Å². The SMILES string of the molecule is COc1ccc(NS(=O)(=O)c2ccc(/N=C/c3ccccc3O)cc2)nn1. The van der Waals surface area contributed by atoms with Gasteiger partial charge in [-0.3, -0.25) is 9.71 Å². The number of nitrogens with one attached hydrogen (secondary N) is 1. The molecular weight excluding hydrogens is 368 g/mol. The number of aliphatic imine (C=N–C) groups is 1. The Morgan fingerprint density at radius 3 is 2.41 bits per heavy atom. The van der Waals surface area contributed by atoms with E-state index in [4.69, 9.17) is 4.74 Å². The van der Waals surface area contributed by atoms with Crippen LogP contribution in [0.15, 0.2) is 70.6 Å². The molecule has 27 heavy (non-hydrogen) atoms. The van der Waals surface area contributed by atoms with E-state index in [-0.39, 0.29) is 22.3 Å². The fourth-order valence-corrected chi connectivity index (χ4v) is 3.13. The van der Waals surface area contributed by atoms with Gasteiger partial charge < -0.3 is 9.84 Å². The third-order valence-corrected chi connectivity index (χ3v) is 4.90. The highest BCUT2D eigenvalue weighted by Gasteiger charge is 2.15. The van der Waals surface area contributed by atoms with Crippen LogP contribution in [-0.4, -0.2) is 37.0 Å². The van der Waals surface area contributed by atoms with Crippen LogP contribution in [0.25, 0.3) is 0 Å². The summed E-state index contributed by atoms with van der Waals surface area (Å²) >= 11 is 0. The van der Waals surface area contributed by atoms with E-state index in [1.165, 1.54) is 37.6 Å². The Balaban J connectivity index is 1.74. The van der Waals surface area contributed by atoms with Gasteiger partial charge in [-0.25, -0.2) is 8.42 Å². The molecule has 3 aromatic rings. The van der Waals surface area contributed by atoms with Gasteiger partial charge in [0.15, 0.2) is 5.82 Å². The lowest BCUT2D eigenvalue weighted by atomic mass is 10.2. The van der Waals surface area contributed by atoms with E-state index in [1.54, 1.807) is 36.4 Å². The summed E-state index contributed by atoms with van der Waals surface area (Å²) in [5.41, 5.74) is 1.11. The van der Waals surface area contributed by atoms with Crippen molar-refractivity contribution in [3.8, 4) is 11.6 Å². The number of hydrogen-bond donors (Lipinski definition) is 2. The molecule has 0 aliphatic heterocycles. The van der Waals surface area contributed by atoms with Crippen molar-refractivity contribution in [2.45, 2.75) is 4.90 Å². The topological polar surface area (TPSA) is 114 Å². The molecule has 0 radical (unpaired) electrons. The van der Waals surface area contributed by atoms with Gasteiger partial charge in [0.25, 0.3) is 10.0 Å². The molecule has 0 atom stereocenters. The number of ether oxygens (including phenoxy) is 1. The third kappa shape index (κ3) is 4.59. The molecule has 0 saturated heterocycles. The lowest BCUT2D eigenvalue weighted by Gasteiger charge is -2.07. The zero-order valence-electron chi connectivity index (χ0n) is 14.3. The molecule has 0 spiro atoms. The minimum Gasteiger partial charge on any atom is -0.507 e. The fourth-order valence-electron chi connectivity index (χ4n) is 2.13. The van der Waals surface area contributed by atoms with Crippen molar-refractivity contribution in [3.05, 3.63) is 66.2 Å². The molecule has 0 aliphatic rings. The van der Waals surface area contributed by atoms with Crippen molar-refractivity contribution in [2.24, 2.45) is 4.99 Å². The number of methoxy groups -OCH3 is 1. The maximum absolute atomic E-state index is 12.4. The van der Waals surface area contributed by atoms with Crippen LogP contribution in [-0.2, 0) is 10.0 Å². The zero-order valence-corrected chi connectivity index (χ0v) is 15.1. The van der Waals surface area contributed by atoms with Crippen molar-refractivity contribution in [1.82, 2.24) is 10.2 Å². The standard InChI is InChI=1S/C18H16N4O4S/c1-26-18-11-10-17(20-21-18)22-27(24,25)15-8-6-14(7-9-15)19-12-13-4-2-3-5-16(13)23/h2-12,23H,1H3,(H,20,22)/b19-12+. The molecule has 138 valence electrons. The molecule has 9 heteroatoms. The van der Waals surface area contributed by atoms with Crippen molar-refractivity contribution < 1.29 is 18.3 Å². The first-order valence-corrected chi connectivity index (χ1v) is 9.29. The van der Waals surface area contributed by atoms with Crippen LogP contribution in [0.3, 0.4) is 0 Å². The second-order valence-electron chi connectivity index (χ2n) is 5.38. The Morgan fingerprint density at radius 1 is 1.04 bits per heavy atom. The number of benzene rings is 2. The summed E-state index contributed by atoms with van der Waals surface area (Å²) in [5, 5.41) is 17.2. The Hall–Kier alpha value is -3.46. The first-order chi connectivity index (χ1) is 13.0. The maximum atomic E-state index is 12.4. The van der Waals surface area contributed by atoms with Crippen molar-refractivity contribution in [2.75, 3.05) is 11.8 Å². The summed E-state index contributed by atoms with van der Waals surface area (Å²) in [5.74, 6) is 0.479. The molecule has 0 unspecified atom stereocenters. The van der Waals surface area contributed by atoms with Gasteiger partial charge in [0.1, 0.15) is 5.75 Å². The second kappa shape index (κ2) is 7.83. The van der Waals surface area contributed by atoms with E-state index in [0.717, 1.165) is 0 Å². The molecule has 0 saturated carbocycles. The van der Waals surface area contributed by atoms with Gasteiger partial charge in [-0.2, -0.15) is 0 Å². The average molecular weight is 384 g/mol. The van der Waals surface area contributed by atoms with E-state index < -0.39 is 10.0 Å². The summed E-state index contributed by atoms with van der Waals surface area (Å²) in [7, 11) is -2.37. The van der Waals surface area contributed by atoms with Crippen LogP contribution >= 0.6 is 0 Å². The van der Waals surface area contributed by atoms with Gasteiger partial charge in [0.2, 0.25) is 5.88 Å². The third-order valence-electron chi connectivity index (χ3n) is 3.52. The highest BCUT2D eigenvalue weighted by Crippen LogP contribution is 2.20. The van der Waals surface area contributed by atoms with Gasteiger partial charge in [-0.05, 0) is 42.5 Å². The van der Waals surface area contributed by atoms with E-state index >= 15 is 0 Å². The van der Waals surface area contributed by atoms with Gasteiger partial charge in [0.05, 0.1) is 17.7 Å². The molecule has 0 amide bonds. The molecule has 1 heterocycles. The van der Waals surface area contributed by atoms with Gasteiger partial charge >= 0.3 is 0 Å². The minimum absolute atomic E-state index is 0.0571. The number of aromatic hydroxyl groups is 1. The number of aromatic nitrogens is 2. The van der Waals surface area contributed by atoms with Gasteiger partial charge in [-0.1, -0.05) is 12.1 Å². The van der Waals surface area contributed by atoms with Gasteiger partial charge in [-0.15, -0.1) is 10.2 Å². The predicted molar refractivity (Wildman–Crippen MR) is 101 cm³/mol. The summed E-state index contributed by atoms with van der Waals surface area (Å²) in [6.45, 7) is 0. The second-order valence-corrected chi connectivity index (χ2v) is 7.06. The zero-order chi connectivity index (χ0) is 19.3. The maximum Gasteiger partial charge on any atom is 0.263 e. The Labute approximate surface area is 156 Å². The highest BCUT2D eigenvalue weighted by atomic mass is 32.2. The van der Waals surface area contributed by atoms with E-state index in [9.17, 15) is 13.5 Å². The molecule has 3 rings (SSSR count). The van der Waals surface area contributed by atoms with Gasteiger partial charge in [0, 0.05) is 17.8 Å². The fraction of sp³-hybridized carbons (Fsp3) is 0.0556. The van der Waals surface area contributed by atoms with Crippen LogP contribution in [0.1, 0.15) is 5.56 Å². The molecule has 0 fully saturated rings. The molecule has 2 N–H and O–H groups in total. The van der Waals surface area contributed by atoms with E-state index in [1.807, 2.05) is 0 Å². The first kappa shape index (κ1) is 18.3. The number of phenols is 1. The molecule has 1 aromatic heterocycles. The summed E-state index contributed by atoms with van der Waals surface area (Å²) in [4.78, 5) is 4.28. The van der Waals surface area contributed by atoms with Crippen molar-refractivity contribution in [1.29, 1.82) is 0 Å².